The summed E-state index contributed by atoms with van der Waals surface area (Å²) in [4.78, 5) is 22.1. The Hall–Kier alpha value is -2.93. The summed E-state index contributed by atoms with van der Waals surface area (Å²) in [6, 6.07) is 22.4. The summed E-state index contributed by atoms with van der Waals surface area (Å²) in [5.41, 5.74) is 1.19. The van der Waals surface area contributed by atoms with Crippen molar-refractivity contribution in [2.75, 3.05) is 32.1 Å². The van der Waals surface area contributed by atoms with Gasteiger partial charge in [-0.2, -0.15) is 0 Å². The van der Waals surface area contributed by atoms with Crippen LogP contribution >= 0.6 is 22.9 Å². The molecule has 5 nitrogen and oxygen atoms in total. The van der Waals surface area contributed by atoms with Gasteiger partial charge in [-0.1, -0.05) is 59.3 Å². The number of rotatable bonds is 7. The molecule has 1 aromatic heterocycles. The van der Waals surface area contributed by atoms with E-state index in [2.05, 4.69) is 4.98 Å². The van der Waals surface area contributed by atoms with Gasteiger partial charge in [-0.25, -0.2) is 4.98 Å². The van der Waals surface area contributed by atoms with Crippen LogP contribution in [0, 0.1) is 0 Å². The Morgan fingerprint density at radius 1 is 0.968 bits per heavy atom. The van der Waals surface area contributed by atoms with Crippen LogP contribution in [0.2, 0.25) is 5.02 Å². The third-order valence-corrected chi connectivity index (χ3v) is 6.04. The minimum absolute atomic E-state index is 0.163. The summed E-state index contributed by atoms with van der Waals surface area (Å²) in [6.45, 7) is 1.18. The molecule has 0 bridgehead atoms. The molecule has 0 unspecified atom stereocenters. The van der Waals surface area contributed by atoms with Crippen LogP contribution in [0.1, 0.15) is 10.4 Å². The number of carbonyl (C=O) groups excluding carboxylic acids is 1. The summed E-state index contributed by atoms with van der Waals surface area (Å²) in [5, 5.41) is 1.19. The zero-order valence-corrected chi connectivity index (χ0v) is 18.9. The number of halogens is 1. The highest BCUT2D eigenvalue weighted by molar-refractivity contribution is 7.22. The molecule has 7 heteroatoms. The van der Waals surface area contributed by atoms with Gasteiger partial charge in [-0.3, -0.25) is 9.69 Å². The summed E-state index contributed by atoms with van der Waals surface area (Å²) in [5.74, 6) is 1.02. The number of thiazole rings is 1. The maximum Gasteiger partial charge on any atom is 0.263 e. The number of amides is 1. The predicted molar refractivity (Wildman–Crippen MR) is 128 cm³/mol. The van der Waals surface area contributed by atoms with Crippen molar-refractivity contribution < 1.29 is 9.53 Å². The Kier molecular flexibility index (Phi) is 6.51. The lowest BCUT2D eigenvalue weighted by molar-refractivity contribution is 0.0983. The van der Waals surface area contributed by atoms with Gasteiger partial charge in [0, 0.05) is 13.1 Å². The SMILES string of the molecule is CN(C)CCN(C(=O)c1ccccc1Oc1ccccc1)c1nc2c(Cl)cccc2s1. The summed E-state index contributed by atoms with van der Waals surface area (Å²) in [6.07, 6.45) is 0. The molecule has 0 saturated heterocycles. The van der Waals surface area contributed by atoms with E-state index < -0.39 is 0 Å². The molecule has 0 aliphatic heterocycles. The molecule has 0 spiro atoms. The monoisotopic (exact) mass is 451 g/mol. The summed E-state index contributed by atoms with van der Waals surface area (Å²) < 4.78 is 6.97. The zero-order valence-electron chi connectivity index (χ0n) is 17.3. The molecule has 31 heavy (non-hydrogen) atoms. The third kappa shape index (κ3) is 4.88. The number of hydrogen-bond acceptors (Lipinski definition) is 5. The predicted octanol–water partition coefficient (Wildman–Crippen LogP) is 5.95. The minimum Gasteiger partial charge on any atom is -0.457 e. The number of fused-ring (bicyclic) bond motifs is 1. The van der Waals surface area contributed by atoms with Crippen LogP contribution in [0.3, 0.4) is 0 Å². The number of carbonyl (C=O) groups is 1. The first-order valence-electron chi connectivity index (χ1n) is 9.86. The highest BCUT2D eigenvalue weighted by Crippen LogP contribution is 2.34. The van der Waals surface area contributed by atoms with Crippen molar-refractivity contribution >= 4 is 44.2 Å². The topological polar surface area (TPSA) is 45.7 Å². The van der Waals surface area contributed by atoms with Crippen molar-refractivity contribution in [1.82, 2.24) is 9.88 Å². The number of aromatic nitrogens is 1. The van der Waals surface area contributed by atoms with Crippen molar-refractivity contribution in [2.45, 2.75) is 0 Å². The second kappa shape index (κ2) is 9.47. The van der Waals surface area contributed by atoms with Crippen LogP contribution in [0.25, 0.3) is 10.2 Å². The van der Waals surface area contributed by atoms with E-state index in [4.69, 9.17) is 16.3 Å². The highest BCUT2D eigenvalue weighted by atomic mass is 35.5. The van der Waals surface area contributed by atoms with Gasteiger partial charge in [0.25, 0.3) is 5.91 Å². The number of nitrogens with zero attached hydrogens (tertiary/aromatic N) is 3. The number of likely N-dealkylation sites (N-methyl/N-ethyl adjacent to an activating group) is 1. The Morgan fingerprint density at radius 2 is 1.71 bits per heavy atom. The average molecular weight is 452 g/mol. The molecular weight excluding hydrogens is 430 g/mol. The van der Waals surface area contributed by atoms with E-state index >= 15 is 0 Å². The van der Waals surface area contributed by atoms with Gasteiger partial charge in [-0.15, -0.1) is 0 Å². The van der Waals surface area contributed by atoms with E-state index in [0.717, 1.165) is 4.70 Å². The minimum atomic E-state index is -0.163. The number of para-hydroxylation sites is 3. The first-order valence-corrected chi connectivity index (χ1v) is 11.1. The largest absolute Gasteiger partial charge is 0.457 e. The molecule has 0 atom stereocenters. The fraction of sp³-hybridized carbons (Fsp3) is 0.167. The van der Waals surface area contributed by atoms with E-state index in [0.29, 0.717) is 45.8 Å². The Balaban J connectivity index is 1.72. The molecule has 1 amide bonds. The molecule has 0 aliphatic rings. The number of hydrogen-bond donors (Lipinski definition) is 0. The van der Waals surface area contributed by atoms with Crippen molar-refractivity contribution in [3.8, 4) is 11.5 Å². The molecule has 0 aliphatic carbocycles. The quantitative estimate of drug-likeness (QED) is 0.348. The molecule has 0 N–H and O–H groups in total. The van der Waals surface area contributed by atoms with Crippen molar-refractivity contribution in [2.24, 2.45) is 0 Å². The van der Waals surface area contributed by atoms with Gasteiger partial charge in [0.1, 0.15) is 17.0 Å². The van der Waals surface area contributed by atoms with E-state index in [1.165, 1.54) is 11.3 Å². The fourth-order valence-corrected chi connectivity index (χ4v) is 4.39. The van der Waals surface area contributed by atoms with E-state index in [1.807, 2.05) is 79.7 Å². The van der Waals surface area contributed by atoms with Gasteiger partial charge < -0.3 is 9.64 Å². The number of anilines is 1. The lowest BCUT2D eigenvalue weighted by atomic mass is 10.1. The fourth-order valence-electron chi connectivity index (χ4n) is 3.10. The molecule has 3 aromatic carbocycles. The second-order valence-electron chi connectivity index (χ2n) is 7.25. The van der Waals surface area contributed by atoms with Crippen LogP contribution in [-0.2, 0) is 0 Å². The maximum atomic E-state index is 13.7. The second-order valence-corrected chi connectivity index (χ2v) is 8.67. The van der Waals surface area contributed by atoms with Crippen molar-refractivity contribution in [1.29, 1.82) is 0 Å². The lowest BCUT2D eigenvalue weighted by Gasteiger charge is -2.23. The Labute approximate surface area is 190 Å². The van der Waals surface area contributed by atoms with Crippen LogP contribution in [-0.4, -0.2) is 43.0 Å². The molecule has 0 radical (unpaired) electrons. The van der Waals surface area contributed by atoms with Crippen LogP contribution in [0.5, 0.6) is 11.5 Å². The number of ether oxygens (including phenoxy) is 1. The zero-order chi connectivity index (χ0) is 21.8. The number of benzene rings is 3. The van der Waals surface area contributed by atoms with E-state index in [-0.39, 0.29) is 5.91 Å². The summed E-state index contributed by atoms with van der Waals surface area (Å²) >= 11 is 7.78. The molecule has 0 fully saturated rings. The van der Waals surface area contributed by atoms with E-state index in [1.54, 1.807) is 17.0 Å². The van der Waals surface area contributed by atoms with Gasteiger partial charge in [-0.05, 0) is 50.5 Å². The molecule has 1 heterocycles. The Bertz CT molecular complexity index is 1190. The highest BCUT2D eigenvalue weighted by Gasteiger charge is 2.24. The van der Waals surface area contributed by atoms with Crippen LogP contribution in [0.15, 0.2) is 72.8 Å². The van der Waals surface area contributed by atoms with Crippen LogP contribution < -0.4 is 9.64 Å². The van der Waals surface area contributed by atoms with Crippen molar-refractivity contribution in [3.05, 3.63) is 83.4 Å². The van der Waals surface area contributed by atoms with Gasteiger partial charge in [0.15, 0.2) is 5.13 Å². The lowest BCUT2D eigenvalue weighted by Crippen LogP contribution is -2.36. The molecule has 158 valence electrons. The first-order chi connectivity index (χ1) is 15.0. The Morgan fingerprint density at radius 3 is 2.45 bits per heavy atom. The van der Waals surface area contributed by atoms with Gasteiger partial charge in [0.2, 0.25) is 0 Å². The van der Waals surface area contributed by atoms with Crippen LogP contribution in [0.4, 0.5) is 5.13 Å². The summed E-state index contributed by atoms with van der Waals surface area (Å²) in [7, 11) is 3.95. The smallest absolute Gasteiger partial charge is 0.263 e. The van der Waals surface area contributed by atoms with Gasteiger partial charge >= 0.3 is 0 Å². The van der Waals surface area contributed by atoms with Gasteiger partial charge in [0.05, 0.1) is 15.3 Å². The third-order valence-electron chi connectivity index (χ3n) is 4.69. The maximum absolute atomic E-state index is 13.7. The average Bonchev–Trinajstić information content (AvgIpc) is 3.20. The normalized spacial score (nSPS) is 11.1. The van der Waals surface area contributed by atoms with Crippen molar-refractivity contribution in [3.63, 3.8) is 0 Å². The molecule has 0 saturated carbocycles. The van der Waals surface area contributed by atoms with E-state index in [9.17, 15) is 4.79 Å². The molecular formula is C24H22ClN3O2S. The standard InChI is InChI=1S/C24H22ClN3O2S/c1-27(2)15-16-28(24-26-22-19(25)12-8-14-21(22)31-24)23(29)18-11-6-7-13-20(18)30-17-9-4-3-5-10-17/h3-14H,15-16H2,1-2H3. The molecule has 4 aromatic rings. The first kappa shape index (κ1) is 21.3. The molecule has 4 rings (SSSR count).